The Morgan fingerprint density at radius 3 is 3.27 bits per heavy atom. The van der Waals surface area contributed by atoms with Gasteiger partial charge in [0.2, 0.25) is 0 Å². The predicted octanol–water partition coefficient (Wildman–Crippen LogP) is 2.25. The zero-order valence-corrected chi connectivity index (χ0v) is 7.94. The molecule has 1 aliphatic carbocycles. The van der Waals surface area contributed by atoms with Gasteiger partial charge in [0.25, 0.3) is 0 Å². The Balaban J connectivity index is 2.37. The van der Waals surface area contributed by atoms with Crippen molar-refractivity contribution in [3.8, 4) is 0 Å². The molecule has 1 aliphatic rings. The van der Waals surface area contributed by atoms with Gasteiger partial charge in [-0.15, -0.1) is 0 Å². The summed E-state index contributed by atoms with van der Waals surface area (Å²) in [6.07, 6.45) is 2.23. The Kier molecular flexibility index (Phi) is 1.77. The summed E-state index contributed by atoms with van der Waals surface area (Å²) < 4.78 is 6.28. The second kappa shape index (κ2) is 2.64. The van der Waals surface area contributed by atoms with Crippen molar-refractivity contribution in [3.05, 3.63) is 22.1 Å². The summed E-state index contributed by atoms with van der Waals surface area (Å²) in [4.78, 5) is 0. The molecule has 0 spiro atoms. The van der Waals surface area contributed by atoms with Crippen molar-refractivity contribution in [1.82, 2.24) is 5.32 Å². The van der Waals surface area contributed by atoms with Gasteiger partial charge in [0.15, 0.2) is 4.67 Å². The molecular formula is C8H10BrNO. The van der Waals surface area contributed by atoms with Gasteiger partial charge in [-0.3, -0.25) is 0 Å². The molecule has 0 radical (unpaired) electrons. The van der Waals surface area contributed by atoms with Crippen LogP contribution in [0.4, 0.5) is 0 Å². The fraction of sp³-hybridized carbons (Fsp3) is 0.500. The zero-order chi connectivity index (χ0) is 7.84. The van der Waals surface area contributed by atoms with Crippen molar-refractivity contribution < 1.29 is 4.42 Å². The van der Waals surface area contributed by atoms with Gasteiger partial charge in [0.05, 0.1) is 0 Å². The molecule has 1 N–H and O–H groups in total. The van der Waals surface area contributed by atoms with Gasteiger partial charge in [-0.05, 0) is 35.5 Å². The summed E-state index contributed by atoms with van der Waals surface area (Å²) >= 11 is 3.32. The van der Waals surface area contributed by atoms with Crippen LogP contribution in [0.2, 0.25) is 0 Å². The minimum atomic E-state index is 0.500. The first kappa shape index (κ1) is 7.37. The third kappa shape index (κ3) is 1.12. The Labute approximate surface area is 74.1 Å². The number of halogens is 1. The highest BCUT2D eigenvalue weighted by Crippen LogP contribution is 2.34. The molecule has 1 heterocycles. The Hall–Kier alpha value is -0.280. The Morgan fingerprint density at radius 1 is 1.73 bits per heavy atom. The van der Waals surface area contributed by atoms with Crippen LogP contribution in [0.5, 0.6) is 0 Å². The van der Waals surface area contributed by atoms with E-state index in [0.29, 0.717) is 6.04 Å². The lowest BCUT2D eigenvalue weighted by atomic mass is 10.2. The quantitative estimate of drug-likeness (QED) is 0.778. The van der Waals surface area contributed by atoms with Crippen LogP contribution in [0, 0.1) is 0 Å². The van der Waals surface area contributed by atoms with Crippen molar-refractivity contribution in [2.45, 2.75) is 18.9 Å². The Bertz CT molecular complexity index is 269. The van der Waals surface area contributed by atoms with E-state index in [1.54, 1.807) is 0 Å². The molecule has 0 amide bonds. The van der Waals surface area contributed by atoms with Crippen molar-refractivity contribution >= 4 is 15.9 Å². The van der Waals surface area contributed by atoms with Gasteiger partial charge >= 0.3 is 0 Å². The van der Waals surface area contributed by atoms with Crippen LogP contribution in [0.25, 0.3) is 0 Å². The number of nitrogens with one attached hydrogen (secondary N) is 1. The molecule has 60 valence electrons. The SMILES string of the molecule is CNC1CCc2oc(Br)cc21. The fourth-order valence-corrected chi connectivity index (χ4v) is 2.07. The molecule has 2 nitrogen and oxygen atoms in total. The van der Waals surface area contributed by atoms with Crippen LogP contribution in [0.3, 0.4) is 0 Å². The molecule has 0 aromatic carbocycles. The maximum absolute atomic E-state index is 5.43. The van der Waals surface area contributed by atoms with Crippen molar-refractivity contribution in [2.24, 2.45) is 0 Å². The minimum Gasteiger partial charge on any atom is -0.454 e. The number of furan rings is 1. The van der Waals surface area contributed by atoms with Crippen LogP contribution in [0.1, 0.15) is 23.8 Å². The van der Waals surface area contributed by atoms with Crippen LogP contribution in [-0.4, -0.2) is 7.05 Å². The van der Waals surface area contributed by atoms with Crippen molar-refractivity contribution in [3.63, 3.8) is 0 Å². The normalized spacial score (nSPS) is 22.2. The van der Waals surface area contributed by atoms with E-state index < -0.39 is 0 Å². The lowest BCUT2D eigenvalue weighted by Crippen LogP contribution is -2.12. The second-order valence-electron chi connectivity index (χ2n) is 2.81. The lowest BCUT2D eigenvalue weighted by Gasteiger charge is -2.05. The molecule has 3 heteroatoms. The van der Waals surface area contributed by atoms with E-state index in [4.69, 9.17) is 4.42 Å². The lowest BCUT2D eigenvalue weighted by molar-refractivity contribution is 0.489. The van der Waals surface area contributed by atoms with Gasteiger partial charge < -0.3 is 9.73 Å². The number of fused-ring (bicyclic) bond motifs is 1. The van der Waals surface area contributed by atoms with E-state index in [2.05, 4.69) is 27.3 Å². The van der Waals surface area contributed by atoms with Crippen LogP contribution >= 0.6 is 15.9 Å². The fourth-order valence-electron chi connectivity index (χ4n) is 1.63. The van der Waals surface area contributed by atoms with E-state index in [0.717, 1.165) is 23.3 Å². The topological polar surface area (TPSA) is 25.2 Å². The van der Waals surface area contributed by atoms with Crippen LogP contribution in [0.15, 0.2) is 15.2 Å². The van der Waals surface area contributed by atoms with E-state index in [-0.39, 0.29) is 0 Å². The molecule has 0 saturated carbocycles. The second-order valence-corrected chi connectivity index (χ2v) is 3.59. The summed E-state index contributed by atoms with van der Waals surface area (Å²) in [5.41, 5.74) is 1.32. The molecular weight excluding hydrogens is 206 g/mol. The van der Waals surface area contributed by atoms with Gasteiger partial charge in [-0.1, -0.05) is 0 Å². The standard InChI is InChI=1S/C8H10BrNO/c1-10-6-2-3-7-5(6)4-8(9)11-7/h4,6,10H,2-3H2,1H3. The van der Waals surface area contributed by atoms with Crippen LogP contribution < -0.4 is 5.32 Å². The first-order chi connectivity index (χ1) is 5.31. The summed E-state index contributed by atoms with van der Waals surface area (Å²) in [7, 11) is 1.99. The molecule has 0 saturated heterocycles. The molecule has 2 rings (SSSR count). The third-order valence-corrected chi connectivity index (χ3v) is 2.59. The molecule has 0 fully saturated rings. The van der Waals surface area contributed by atoms with Gasteiger partial charge in [-0.2, -0.15) is 0 Å². The molecule has 11 heavy (non-hydrogen) atoms. The zero-order valence-electron chi connectivity index (χ0n) is 6.36. The van der Waals surface area contributed by atoms with E-state index in [9.17, 15) is 0 Å². The van der Waals surface area contributed by atoms with Gasteiger partial charge in [0.1, 0.15) is 5.76 Å². The van der Waals surface area contributed by atoms with E-state index in [1.807, 2.05) is 7.05 Å². The van der Waals surface area contributed by atoms with Gasteiger partial charge in [0, 0.05) is 18.0 Å². The van der Waals surface area contributed by atoms with Crippen molar-refractivity contribution in [1.29, 1.82) is 0 Å². The van der Waals surface area contributed by atoms with Gasteiger partial charge in [-0.25, -0.2) is 0 Å². The molecule has 1 aromatic heterocycles. The average molecular weight is 216 g/mol. The average Bonchev–Trinajstić information content (AvgIpc) is 2.45. The predicted molar refractivity (Wildman–Crippen MR) is 46.5 cm³/mol. The maximum atomic E-state index is 5.43. The van der Waals surface area contributed by atoms with Crippen LogP contribution in [-0.2, 0) is 6.42 Å². The highest BCUT2D eigenvalue weighted by Gasteiger charge is 2.24. The molecule has 1 atom stereocenters. The summed E-state index contributed by atoms with van der Waals surface area (Å²) in [6, 6.07) is 2.56. The molecule has 0 aliphatic heterocycles. The minimum absolute atomic E-state index is 0.500. The maximum Gasteiger partial charge on any atom is 0.169 e. The summed E-state index contributed by atoms with van der Waals surface area (Å²) in [5.74, 6) is 1.14. The molecule has 1 unspecified atom stereocenters. The first-order valence-electron chi connectivity index (χ1n) is 3.76. The molecule has 0 bridgehead atoms. The first-order valence-corrected chi connectivity index (χ1v) is 4.56. The highest BCUT2D eigenvalue weighted by molar-refractivity contribution is 9.10. The Morgan fingerprint density at radius 2 is 2.55 bits per heavy atom. The monoisotopic (exact) mass is 215 g/mol. The number of hydrogen-bond acceptors (Lipinski definition) is 2. The summed E-state index contributed by atoms with van der Waals surface area (Å²) in [5, 5.41) is 3.25. The van der Waals surface area contributed by atoms with Crippen molar-refractivity contribution in [2.75, 3.05) is 7.05 Å². The molecule has 1 aromatic rings. The largest absolute Gasteiger partial charge is 0.454 e. The summed E-state index contributed by atoms with van der Waals surface area (Å²) in [6.45, 7) is 0. The highest BCUT2D eigenvalue weighted by atomic mass is 79.9. The smallest absolute Gasteiger partial charge is 0.169 e. The number of rotatable bonds is 1. The van der Waals surface area contributed by atoms with E-state index in [1.165, 1.54) is 5.56 Å². The number of hydrogen-bond donors (Lipinski definition) is 1. The number of aryl methyl sites for hydroxylation is 1. The van der Waals surface area contributed by atoms with E-state index >= 15 is 0 Å². The third-order valence-electron chi connectivity index (χ3n) is 2.20.